The summed E-state index contributed by atoms with van der Waals surface area (Å²) < 4.78 is 32.9. The highest BCUT2D eigenvalue weighted by molar-refractivity contribution is 7.89. The molecule has 0 spiro atoms. The first-order valence-corrected chi connectivity index (χ1v) is 10.2. The van der Waals surface area contributed by atoms with Crippen LogP contribution < -0.4 is 4.74 Å². The summed E-state index contributed by atoms with van der Waals surface area (Å²) in [5.74, 6) is 0.450. The maximum Gasteiger partial charge on any atom is 0.246 e. The fraction of sp³-hybridized carbons (Fsp3) is 0.263. The van der Waals surface area contributed by atoms with E-state index in [-0.39, 0.29) is 10.8 Å². The molecule has 7 heteroatoms. The molecule has 1 aliphatic rings. The maximum atomic E-state index is 13.1. The second kappa shape index (κ2) is 6.61. The summed E-state index contributed by atoms with van der Waals surface area (Å²) in [7, 11) is -2.21. The van der Waals surface area contributed by atoms with Gasteiger partial charge in [-0.2, -0.15) is 4.31 Å². The lowest BCUT2D eigenvalue weighted by molar-refractivity contribution is 0.398. The lowest BCUT2D eigenvalue weighted by Gasteiger charge is -2.18. The molecule has 1 unspecified atom stereocenters. The fourth-order valence-electron chi connectivity index (χ4n) is 3.51. The third-order valence-corrected chi connectivity index (χ3v) is 7.01. The van der Waals surface area contributed by atoms with Crippen LogP contribution in [0, 0.1) is 0 Å². The van der Waals surface area contributed by atoms with Crippen LogP contribution in [0.4, 0.5) is 0 Å². The van der Waals surface area contributed by atoms with Gasteiger partial charge in [-0.1, -0.05) is 29.8 Å². The van der Waals surface area contributed by atoms with Gasteiger partial charge in [-0.05, 0) is 42.1 Å². The van der Waals surface area contributed by atoms with Gasteiger partial charge in [0.2, 0.25) is 10.0 Å². The molecular weight excluding hydrogens is 372 g/mol. The molecule has 26 heavy (non-hydrogen) atoms. The number of methoxy groups -OCH3 is 1. The molecule has 1 fully saturated rings. The Balaban J connectivity index is 1.62. The average molecular weight is 391 g/mol. The first kappa shape index (κ1) is 17.4. The summed E-state index contributed by atoms with van der Waals surface area (Å²) in [6, 6.07) is 14.8. The molecule has 3 aromatic rings. The maximum absolute atomic E-state index is 13.1. The molecule has 1 aliphatic heterocycles. The van der Waals surface area contributed by atoms with Crippen LogP contribution in [0.15, 0.2) is 53.4 Å². The van der Waals surface area contributed by atoms with E-state index in [9.17, 15) is 8.42 Å². The molecule has 5 nitrogen and oxygen atoms in total. The lowest BCUT2D eigenvalue weighted by Crippen LogP contribution is -2.29. The minimum absolute atomic E-state index is 0.116. The van der Waals surface area contributed by atoms with Gasteiger partial charge < -0.3 is 9.72 Å². The molecule has 2 heterocycles. The Bertz CT molecular complexity index is 1030. The van der Waals surface area contributed by atoms with Crippen molar-refractivity contribution >= 4 is 32.5 Å². The first-order valence-electron chi connectivity index (χ1n) is 8.40. The van der Waals surface area contributed by atoms with Gasteiger partial charge in [0.15, 0.2) is 0 Å². The Morgan fingerprint density at radius 2 is 2.00 bits per heavy atom. The number of nitrogens with zero attached hydrogens (tertiary/aromatic N) is 1. The zero-order chi connectivity index (χ0) is 18.3. The Kier molecular flexibility index (Phi) is 4.42. The van der Waals surface area contributed by atoms with Crippen LogP contribution in [-0.2, 0) is 10.0 Å². The number of sulfonamides is 1. The smallest absolute Gasteiger partial charge is 0.246 e. The topological polar surface area (TPSA) is 62.4 Å². The summed E-state index contributed by atoms with van der Waals surface area (Å²) in [5, 5.41) is 1.51. The van der Waals surface area contributed by atoms with Crippen molar-refractivity contribution in [1.29, 1.82) is 0 Å². The largest absolute Gasteiger partial charge is 0.495 e. The average Bonchev–Trinajstić information content (AvgIpc) is 3.28. The van der Waals surface area contributed by atoms with Crippen LogP contribution >= 0.6 is 11.6 Å². The quantitative estimate of drug-likeness (QED) is 0.732. The highest BCUT2D eigenvalue weighted by Crippen LogP contribution is 2.35. The minimum atomic E-state index is -3.66. The van der Waals surface area contributed by atoms with Crippen molar-refractivity contribution in [3.63, 3.8) is 0 Å². The van der Waals surface area contributed by atoms with E-state index in [2.05, 4.69) is 17.1 Å². The van der Waals surface area contributed by atoms with Crippen LogP contribution in [0.2, 0.25) is 5.02 Å². The molecule has 0 aliphatic carbocycles. The SMILES string of the molecule is COc1ccc(Cl)cc1S(=O)(=O)N1CCC(c2cc3ccccc3[nH]2)C1. The van der Waals surface area contributed by atoms with Gasteiger partial charge in [-0.25, -0.2) is 8.42 Å². The van der Waals surface area contributed by atoms with Crippen molar-refractivity contribution in [2.75, 3.05) is 20.2 Å². The number of rotatable bonds is 4. The summed E-state index contributed by atoms with van der Waals surface area (Å²) >= 11 is 6.01. The number of H-pyrrole nitrogens is 1. The number of nitrogens with one attached hydrogen (secondary N) is 1. The molecular formula is C19H19ClN2O3S. The summed E-state index contributed by atoms with van der Waals surface area (Å²) in [6.07, 6.45) is 0.773. The summed E-state index contributed by atoms with van der Waals surface area (Å²) in [6.45, 7) is 0.906. The van der Waals surface area contributed by atoms with E-state index in [1.54, 1.807) is 12.1 Å². The minimum Gasteiger partial charge on any atom is -0.495 e. The summed E-state index contributed by atoms with van der Waals surface area (Å²) in [5.41, 5.74) is 2.14. The predicted octanol–water partition coefficient (Wildman–Crippen LogP) is 4.01. The number of ether oxygens (including phenoxy) is 1. The van der Waals surface area contributed by atoms with E-state index >= 15 is 0 Å². The Labute approximate surface area is 157 Å². The van der Waals surface area contributed by atoms with Gasteiger partial charge >= 0.3 is 0 Å². The van der Waals surface area contributed by atoms with Crippen molar-refractivity contribution in [3.05, 3.63) is 59.2 Å². The van der Waals surface area contributed by atoms with E-state index in [0.717, 1.165) is 23.0 Å². The molecule has 136 valence electrons. The van der Waals surface area contributed by atoms with Gasteiger partial charge in [0.05, 0.1) is 7.11 Å². The number of aromatic amines is 1. The zero-order valence-electron chi connectivity index (χ0n) is 14.3. The Morgan fingerprint density at radius 1 is 1.19 bits per heavy atom. The van der Waals surface area contributed by atoms with Crippen molar-refractivity contribution in [1.82, 2.24) is 9.29 Å². The van der Waals surface area contributed by atoms with Gasteiger partial charge in [0.1, 0.15) is 10.6 Å². The van der Waals surface area contributed by atoms with Crippen LogP contribution in [0.5, 0.6) is 5.75 Å². The van der Waals surface area contributed by atoms with Crippen molar-refractivity contribution in [3.8, 4) is 5.75 Å². The molecule has 1 N–H and O–H groups in total. The molecule has 0 amide bonds. The van der Waals surface area contributed by atoms with E-state index in [0.29, 0.717) is 23.9 Å². The van der Waals surface area contributed by atoms with Gasteiger partial charge in [-0.3, -0.25) is 0 Å². The second-order valence-electron chi connectivity index (χ2n) is 6.46. The molecule has 1 aromatic heterocycles. The fourth-order valence-corrected chi connectivity index (χ4v) is 5.43. The number of hydrogen-bond donors (Lipinski definition) is 1. The van der Waals surface area contributed by atoms with Crippen molar-refractivity contribution in [2.24, 2.45) is 0 Å². The van der Waals surface area contributed by atoms with Crippen molar-refractivity contribution in [2.45, 2.75) is 17.2 Å². The number of para-hydroxylation sites is 1. The molecule has 1 atom stereocenters. The predicted molar refractivity (Wildman–Crippen MR) is 102 cm³/mol. The third-order valence-electron chi connectivity index (χ3n) is 4.89. The molecule has 0 bridgehead atoms. The van der Waals surface area contributed by atoms with E-state index < -0.39 is 10.0 Å². The Hall–Kier alpha value is -2.02. The summed E-state index contributed by atoms with van der Waals surface area (Å²) in [4.78, 5) is 3.53. The van der Waals surface area contributed by atoms with E-state index in [4.69, 9.17) is 16.3 Å². The molecule has 2 aromatic carbocycles. The normalized spacial score (nSPS) is 18.5. The number of benzene rings is 2. The number of halogens is 1. The molecule has 0 radical (unpaired) electrons. The highest BCUT2D eigenvalue weighted by atomic mass is 35.5. The van der Waals surface area contributed by atoms with Gasteiger partial charge in [0, 0.05) is 35.2 Å². The van der Waals surface area contributed by atoms with Crippen LogP contribution in [-0.4, -0.2) is 37.9 Å². The lowest BCUT2D eigenvalue weighted by atomic mass is 10.1. The first-order chi connectivity index (χ1) is 12.5. The van der Waals surface area contributed by atoms with E-state index in [1.807, 2.05) is 18.2 Å². The van der Waals surface area contributed by atoms with Gasteiger partial charge in [-0.15, -0.1) is 0 Å². The van der Waals surface area contributed by atoms with Crippen LogP contribution in [0.1, 0.15) is 18.0 Å². The zero-order valence-corrected chi connectivity index (χ0v) is 15.8. The molecule has 4 rings (SSSR count). The molecule has 0 saturated carbocycles. The second-order valence-corrected chi connectivity index (χ2v) is 8.80. The molecule has 1 saturated heterocycles. The highest BCUT2D eigenvalue weighted by Gasteiger charge is 2.35. The number of aromatic nitrogens is 1. The number of fused-ring (bicyclic) bond motifs is 1. The van der Waals surface area contributed by atoms with Crippen LogP contribution in [0.25, 0.3) is 10.9 Å². The van der Waals surface area contributed by atoms with Crippen molar-refractivity contribution < 1.29 is 13.2 Å². The standard InChI is InChI=1S/C19H19ClN2O3S/c1-25-18-7-6-15(20)11-19(18)26(23,24)22-9-8-14(12-22)17-10-13-4-2-3-5-16(13)21-17/h2-7,10-11,14,21H,8-9,12H2,1H3. The third kappa shape index (κ3) is 2.98. The van der Waals surface area contributed by atoms with E-state index in [1.165, 1.54) is 17.5 Å². The Morgan fingerprint density at radius 3 is 2.77 bits per heavy atom. The van der Waals surface area contributed by atoms with Crippen LogP contribution in [0.3, 0.4) is 0 Å². The number of hydrogen-bond acceptors (Lipinski definition) is 3. The van der Waals surface area contributed by atoms with Gasteiger partial charge in [0.25, 0.3) is 0 Å². The monoisotopic (exact) mass is 390 g/mol.